The minimum absolute atomic E-state index is 0.599. The third-order valence-corrected chi connectivity index (χ3v) is 6.19. The van der Waals surface area contributed by atoms with Gasteiger partial charge in [-0.3, -0.25) is 0 Å². The Kier molecular flexibility index (Phi) is 15.0. The van der Waals surface area contributed by atoms with Crippen molar-refractivity contribution in [2.24, 2.45) is 0 Å². The molecule has 1 aromatic heterocycles. The third-order valence-electron chi connectivity index (χ3n) is 6.19. The van der Waals surface area contributed by atoms with Gasteiger partial charge in [0, 0.05) is 18.4 Å². The lowest BCUT2D eigenvalue weighted by molar-refractivity contribution is 0.439. The fraction of sp³-hybridized carbons (Fsp3) is 0.724. The number of hydrogen-bond acceptors (Lipinski definition) is 3. The average Bonchev–Trinajstić information content (AvgIpc) is 2.84. The van der Waals surface area contributed by atoms with Crippen LogP contribution < -0.4 is 5.32 Å². The van der Waals surface area contributed by atoms with Gasteiger partial charge < -0.3 is 5.32 Å². The minimum atomic E-state index is 0.599. The highest BCUT2D eigenvalue weighted by molar-refractivity contribution is 5.84. The number of aromatic nitrogens is 2. The SMILES string of the molecule is CCC.CCCC.CCCCCc1cc2nc(NC)nc(C3CCCCC3)c2cc1CC. The summed E-state index contributed by atoms with van der Waals surface area (Å²) in [5, 5.41) is 4.47. The van der Waals surface area contributed by atoms with Crippen molar-refractivity contribution in [3.05, 3.63) is 29.0 Å². The van der Waals surface area contributed by atoms with E-state index in [-0.39, 0.29) is 0 Å². The Labute approximate surface area is 199 Å². The van der Waals surface area contributed by atoms with E-state index in [0.717, 1.165) is 17.9 Å². The first-order valence-electron chi connectivity index (χ1n) is 13.6. The van der Waals surface area contributed by atoms with Gasteiger partial charge in [-0.25, -0.2) is 9.97 Å². The van der Waals surface area contributed by atoms with Crippen molar-refractivity contribution in [3.63, 3.8) is 0 Å². The highest BCUT2D eigenvalue weighted by Crippen LogP contribution is 2.36. The molecule has 0 saturated heterocycles. The molecule has 1 heterocycles. The molecule has 2 aromatic rings. The quantitative estimate of drug-likeness (QED) is 0.415. The first kappa shape index (κ1) is 28.4. The van der Waals surface area contributed by atoms with Gasteiger partial charge in [-0.2, -0.15) is 0 Å². The van der Waals surface area contributed by atoms with Crippen LogP contribution >= 0.6 is 0 Å². The van der Waals surface area contributed by atoms with Gasteiger partial charge in [0.25, 0.3) is 0 Å². The van der Waals surface area contributed by atoms with Gasteiger partial charge >= 0.3 is 0 Å². The first-order valence-corrected chi connectivity index (χ1v) is 13.6. The second kappa shape index (κ2) is 16.9. The fourth-order valence-electron chi connectivity index (χ4n) is 4.21. The predicted molar refractivity (Wildman–Crippen MR) is 144 cm³/mol. The zero-order valence-electron chi connectivity index (χ0n) is 22.3. The molecule has 0 aliphatic heterocycles. The standard InChI is InChI=1S/C22H33N3.C4H10.C3H8/c1-4-6-8-13-18-15-20-19(14-16(18)5-2)21(25-22(23-3)24-20)17-11-9-7-10-12-17;1-3-4-2;1-3-2/h14-15,17H,4-13H2,1-3H3,(H,23,24,25);3-4H2,1-2H3;3H2,1-2H3. The molecule has 1 fully saturated rings. The molecule has 3 heteroatoms. The van der Waals surface area contributed by atoms with Crippen molar-refractivity contribution >= 4 is 16.9 Å². The van der Waals surface area contributed by atoms with E-state index in [9.17, 15) is 0 Å². The number of rotatable bonds is 8. The summed E-state index contributed by atoms with van der Waals surface area (Å²) in [4.78, 5) is 9.69. The maximum atomic E-state index is 4.90. The van der Waals surface area contributed by atoms with Gasteiger partial charge in [0.15, 0.2) is 0 Å². The number of aryl methyl sites for hydroxylation is 2. The number of hydrogen-bond donors (Lipinski definition) is 1. The molecule has 32 heavy (non-hydrogen) atoms. The van der Waals surface area contributed by atoms with Crippen LogP contribution in [0.25, 0.3) is 10.9 Å². The van der Waals surface area contributed by atoms with Crippen LogP contribution in [0.15, 0.2) is 12.1 Å². The van der Waals surface area contributed by atoms with Crippen LogP contribution in [-0.2, 0) is 12.8 Å². The van der Waals surface area contributed by atoms with Crippen LogP contribution in [0.2, 0.25) is 0 Å². The average molecular weight is 442 g/mol. The number of unbranched alkanes of at least 4 members (excludes halogenated alkanes) is 3. The van der Waals surface area contributed by atoms with Gasteiger partial charge in [-0.05, 0) is 55.4 Å². The zero-order valence-corrected chi connectivity index (χ0v) is 22.3. The fourth-order valence-corrected chi connectivity index (χ4v) is 4.21. The second-order valence-corrected chi connectivity index (χ2v) is 9.17. The summed E-state index contributed by atoms with van der Waals surface area (Å²) in [7, 11) is 1.92. The molecule has 0 atom stereocenters. The van der Waals surface area contributed by atoms with Gasteiger partial charge in [0.2, 0.25) is 5.95 Å². The van der Waals surface area contributed by atoms with E-state index in [1.807, 2.05) is 7.05 Å². The largest absolute Gasteiger partial charge is 0.357 e. The number of anilines is 1. The molecule has 1 aliphatic carbocycles. The van der Waals surface area contributed by atoms with Gasteiger partial charge in [-0.1, -0.05) is 92.9 Å². The molecule has 1 saturated carbocycles. The topological polar surface area (TPSA) is 37.8 Å². The molecule has 3 nitrogen and oxygen atoms in total. The lowest BCUT2D eigenvalue weighted by Crippen LogP contribution is -2.10. The normalized spacial score (nSPS) is 13.7. The van der Waals surface area contributed by atoms with Crippen LogP contribution in [0.5, 0.6) is 0 Å². The zero-order chi connectivity index (χ0) is 23.8. The van der Waals surface area contributed by atoms with Gasteiger partial charge in [0.05, 0.1) is 11.2 Å². The Morgan fingerprint density at radius 2 is 1.47 bits per heavy atom. The van der Waals surface area contributed by atoms with Crippen molar-refractivity contribution in [3.8, 4) is 0 Å². The molecule has 0 amide bonds. The molecular weight excluding hydrogens is 390 g/mol. The summed E-state index contributed by atoms with van der Waals surface area (Å²) < 4.78 is 0. The Morgan fingerprint density at radius 3 is 2.00 bits per heavy atom. The van der Waals surface area contributed by atoms with E-state index in [2.05, 4.69) is 59.0 Å². The monoisotopic (exact) mass is 441 g/mol. The molecule has 3 rings (SSSR count). The van der Waals surface area contributed by atoms with Crippen molar-refractivity contribution in [2.75, 3.05) is 12.4 Å². The minimum Gasteiger partial charge on any atom is -0.357 e. The van der Waals surface area contributed by atoms with Crippen LogP contribution in [0.1, 0.15) is 135 Å². The van der Waals surface area contributed by atoms with Crippen molar-refractivity contribution < 1.29 is 0 Å². The summed E-state index contributed by atoms with van der Waals surface area (Å²) in [6.45, 7) is 13.2. The summed E-state index contributed by atoms with van der Waals surface area (Å²) in [5.41, 5.74) is 5.38. The van der Waals surface area contributed by atoms with Crippen LogP contribution in [0.4, 0.5) is 5.95 Å². The van der Waals surface area contributed by atoms with E-state index in [4.69, 9.17) is 9.97 Å². The first-order chi connectivity index (χ1) is 15.6. The Morgan fingerprint density at radius 1 is 0.812 bits per heavy atom. The summed E-state index contributed by atoms with van der Waals surface area (Å²) in [5.74, 6) is 1.37. The molecular formula is C29H51N3. The smallest absolute Gasteiger partial charge is 0.223 e. The lowest BCUT2D eigenvalue weighted by Gasteiger charge is -2.23. The highest BCUT2D eigenvalue weighted by Gasteiger charge is 2.21. The Bertz CT molecular complexity index is 746. The highest BCUT2D eigenvalue weighted by atomic mass is 15.1. The van der Waals surface area contributed by atoms with Crippen molar-refractivity contribution in [1.29, 1.82) is 0 Å². The van der Waals surface area contributed by atoms with E-state index in [1.54, 1.807) is 0 Å². The van der Waals surface area contributed by atoms with Gasteiger partial charge in [-0.15, -0.1) is 0 Å². The predicted octanol–water partition coefficient (Wildman–Crippen LogP) is 9.24. The molecule has 0 radical (unpaired) electrons. The molecule has 0 bridgehead atoms. The van der Waals surface area contributed by atoms with Crippen LogP contribution in [0, 0.1) is 0 Å². The van der Waals surface area contributed by atoms with E-state index in [1.165, 1.54) is 99.3 Å². The second-order valence-electron chi connectivity index (χ2n) is 9.17. The Balaban J connectivity index is 0.000000645. The van der Waals surface area contributed by atoms with Crippen LogP contribution in [0.3, 0.4) is 0 Å². The summed E-state index contributed by atoms with van der Waals surface area (Å²) >= 11 is 0. The number of fused-ring (bicyclic) bond motifs is 1. The third kappa shape index (κ3) is 9.08. The molecule has 0 unspecified atom stereocenters. The van der Waals surface area contributed by atoms with Crippen molar-refractivity contribution in [2.45, 2.75) is 131 Å². The maximum Gasteiger partial charge on any atom is 0.223 e. The Hall–Kier alpha value is -1.64. The summed E-state index contributed by atoms with van der Waals surface area (Å²) in [6, 6.07) is 4.75. The number of nitrogens with one attached hydrogen (secondary N) is 1. The van der Waals surface area contributed by atoms with E-state index in [0.29, 0.717) is 5.92 Å². The molecule has 1 aliphatic rings. The van der Waals surface area contributed by atoms with E-state index >= 15 is 0 Å². The molecule has 1 N–H and O–H groups in total. The number of nitrogens with zero attached hydrogens (tertiary/aromatic N) is 2. The maximum absolute atomic E-state index is 4.90. The van der Waals surface area contributed by atoms with E-state index < -0.39 is 0 Å². The molecule has 182 valence electrons. The molecule has 1 aromatic carbocycles. The summed E-state index contributed by atoms with van der Waals surface area (Å²) in [6.07, 6.45) is 16.6. The number of benzene rings is 1. The van der Waals surface area contributed by atoms with Crippen molar-refractivity contribution in [1.82, 2.24) is 9.97 Å². The molecule has 0 spiro atoms. The van der Waals surface area contributed by atoms with Crippen LogP contribution in [-0.4, -0.2) is 17.0 Å². The lowest BCUT2D eigenvalue weighted by atomic mass is 9.84. The van der Waals surface area contributed by atoms with Gasteiger partial charge in [0.1, 0.15) is 0 Å².